The molecule has 0 saturated heterocycles. The van der Waals surface area contributed by atoms with E-state index in [1.165, 1.54) is 5.56 Å². The molecule has 1 aromatic rings. The molecule has 0 heterocycles. The summed E-state index contributed by atoms with van der Waals surface area (Å²) in [5.41, 5.74) is 1.22. The van der Waals surface area contributed by atoms with Crippen LogP contribution in [-0.2, 0) is 0 Å². The van der Waals surface area contributed by atoms with E-state index in [1.54, 1.807) is 6.21 Å². The van der Waals surface area contributed by atoms with E-state index in [1.807, 2.05) is 51.1 Å². The van der Waals surface area contributed by atoms with Crippen LogP contribution in [0.1, 0.15) is 19.4 Å². The number of aryl methyl sites for hydroxylation is 1. The maximum atomic E-state index is 5.52. The Hall–Kier alpha value is -1.57. The lowest BCUT2D eigenvalue weighted by molar-refractivity contribution is 0.420. The van der Waals surface area contributed by atoms with E-state index in [4.69, 9.17) is 4.74 Å². The quantitative estimate of drug-likeness (QED) is 0.528. The van der Waals surface area contributed by atoms with Gasteiger partial charge in [0.25, 0.3) is 0 Å². The third-order valence-electron chi connectivity index (χ3n) is 1.75. The Morgan fingerprint density at radius 1 is 1.21 bits per heavy atom. The molecule has 14 heavy (non-hydrogen) atoms. The minimum atomic E-state index is 0.622. The molecule has 0 aromatic heterocycles. The molecule has 2 nitrogen and oxygen atoms in total. The zero-order chi connectivity index (χ0) is 10.4. The minimum Gasteiger partial charge on any atom is -0.439 e. The van der Waals surface area contributed by atoms with Gasteiger partial charge in [0, 0.05) is 6.21 Å². The first-order valence-corrected chi connectivity index (χ1v) is 4.65. The van der Waals surface area contributed by atoms with Crippen LogP contribution in [-0.4, -0.2) is 6.21 Å². The Balaban J connectivity index is 2.73. The predicted molar refractivity (Wildman–Crippen MR) is 59.7 cm³/mol. The molecule has 0 aliphatic carbocycles. The van der Waals surface area contributed by atoms with Crippen LogP contribution in [0.15, 0.2) is 41.2 Å². The highest BCUT2D eigenvalue weighted by molar-refractivity contribution is 5.54. The summed E-state index contributed by atoms with van der Waals surface area (Å²) in [6, 6.07) is 7.89. The number of hydrogen-bond donors (Lipinski definition) is 0. The fraction of sp³-hybridized carbons (Fsp3) is 0.250. The van der Waals surface area contributed by atoms with Gasteiger partial charge in [-0.05, 0) is 39.0 Å². The molecule has 0 N–H and O–H groups in total. The molecule has 1 rings (SSSR count). The van der Waals surface area contributed by atoms with Crippen molar-refractivity contribution in [2.24, 2.45) is 4.99 Å². The van der Waals surface area contributed by atoms with E-state index >= 15 is 0 Å². The van der Waals surface area contributed by atoms with Gasteiger partial charge in [0.05, 0.1) is 0 Å². The Kier molecular flexibility index (Phi) is 3.92. The van der Waals surface area contributed by atoms with Gasteiger partial charge in [-0.25, -0.2) is 4.99 Å². The maximum absolute atomic E-state index is 5.52. The summed E-state index contributed by atoms with van der Waals surface area (Å²) in [4.78, 5) is 4.07. The summed E-state index contributed by atoms with van der Waals surface area (Å²) in [5.74, 6) is 1.44. The van der Waals surface area contributed by atoms with Crippen LogP contribution in [0.25, 0.3) is 0 Å². The zero-order valence-electron chi connectivity index (χ0n) is 8.82. The number of allylic oxidation sites excluding steroid dienone is 1. The van der Waals surface area contributed by atoms with Crippen LogP contribution in [0, 0.1) is 6.92 Å². The highest BCUT2D eigenvalue weighted by atomic mass is 16.5. The summed E-state index contributed by atoms with van der Waals surface area (Å²) in [7, 11) is 0. The van der Waals surface area contributed by atoms with Gasteiger partial charge in [0.1, 0.15) is 5.75 Å². The number of ether oxygens (including phenoxy) is 1. The zero-order valence-corrected chi connectivity index (χ0v) is 8.82. The van der Waals surface area contributed by atoms with E-state index in [0.29, 0.717) is 5.88 Å². The molecule has 0 aliphatic rings. The normalized spacial score (nSPS) is 12.1. The van der Waals surface area contributed by atoms with Crippen molar-refractivity contribution in [1.29, 1.82) is 0 Å². The molecular formula is C12H15NO. The van der Waals surface area contributed by atoms with Gasteiger partial charge in [0.15, 0.2) is 0 Å². The lowest BCUT2D eigenvalue weighted by Gasteiger charge is -2.04. The van der Waals surface area contributed by atoms with Crippen molar-refractivity contribution in [3.05, 3.63) is 41.8 Å². The molecule has 0 unspecified atom stereocenters. The van der Waals surface area contributed by atoms with Gasteiger partial charge < -0.3 is 4.74 Å². The van der Waals surface area contributed by atoms with Crippen LogP contribution in [0.5, 0.6) is 5.75 Å². The van der Waals surface area contributed by atoms with Crippen LogP contribution in [0.4, 0.5) is 0 Å². The van der Waals surface area contributed by atoms with E-state index in [0.717, 1.165) is 5.75 Å². The van der Waals surface area contributed by atoms with Crippen LogP contribution < -0.4 is 4.74 Å². The highest BCUT2D eigenvalue weighted by Gasteiger charge is 1.95. The Morgan fingerprint density at radius 2 is 1.86 bits per heavy atom. The van der Waals surface area contributed by atoms with Crippen molar-refractivity contribution < 1.29 is 4.74 Å². The molecule has 0 bridgehead atoms. The molecular weight excluding hydrogens is 174 g/mol. The molecule has 0 spiro atoms. The lowest BCUT2D eigenvalue weighted by Crippen LogP contribution is -1.91. The Labute approximate surface area is 84.9 Å². The van der Waals surface area contributed by atoms with E-state index in [9.17, 15) is 0 Å². The first-order valence-electron chi connectivity index (χ1n) is 4.65. The standard InChI is InChI=1S/C12H15NO/c1-4-12(13-5-2)14-11-8-6-10(3)7-9-11/h4-9H,1-3H3/b12-4+,13-5-. The fourth-order valence-electron chi connectivity index (χ4n) is 1.01. The van der Waals surface area contributed by atoms with Crippen molar-refractivity contribution in [1.82, 2.24) is 0 Å². The second kappa shape index (κ2) is 5.22. The largest absolute Gasteiger partial charge is 0.439 e. The molecule has 0 atom stereocenters. The van der Waals surface area contributed by atoms with E-state index in [2.05, 4.69) is 4.99 Å². The second-order valence-electron chi connectivity index (χ2n) is 2.93. The molecule has 0 fully saturated rings. The first kappa shape index (κ1) is 10.5. The maximum Gasteiger partial charge on any atom is 0.214 e. The first-order chi connectivity index (χ1) is 6.76. The van der Waals surface area contributed by atoms with E-state index in [-0.39, 0.29) is 0 Å². The molecule has 0 saturated carbocycles. The van der Waals surface area contributed by atoms with Crippen molar-refractivity contribution in [2.75, 3.05) is 0 Å². The number of aliphatic imine (C=N–C) groups is 1. The smallest absolute Gasteiger partial charge is 0.214 e. The Bertz CT molecular complexity index is 336. The van der Waals surface area contributed by atoms with Crippen LogP contribution in [0.3, 0.4) is 0 Å². The van der Waals surface area contributed by atoms with Crippen molar-refractivity contribution >= 4 is 6.21 Å². The number of rotatable bonds is 3. The highest BCUT2D eigenvalue weighted by Crippen LogP contribution is 2.14. The predicted octanol–water partition coefficient (Wildman–Crippen LogP) is 3.33. The average molecular weight is 189 g/mol. The Morgan fingerprint density at radius 3 is 2.36 bits per heavy atom. The molecule has 0 aliphatic heterocycles. The van der Waals surface area contributed by atoms with Gasteiger partial charge in [-0.15, -0.1) is 0 Å². The summed E-state index contributed by atoms with van der Waals surface area (Å²) in [6.45, 7) is 5.81. The van der Waals surface area contributed by atoms with Crippen molar-refractivity contribution in [2.45, 2.75) is 20.8 Å². The fourth-order valence-corrected chi connectivity index (χ4v) is 1.01. The third-order valence-corrected chi connectivity index (χ3v) is 1.75. The summed E-state index contributed by atoms with van der Waals surface area (Å²) < 4.78 is 5.52. The van der Waals surface area contributed by atoms with Crippen LogP contribution in [0.2, 0.25) is 0 Å². The monoisotopic (exact) mass is 189 g/mol. The van der Waals surface area contributed by atoms with Gasteiger partial charge in [0.2, 0.25) is 5.88 Å². The van der Waals surface area contributed by atoms with Crippen molar-refractivity contribution in [3.63, 3.8) is 0 Å². The number of nitrogens with zero attached hydrogens (tertiary/aromatic N) is 1. The molecule has 0 amide bonds. The minimum absolute atomic E-state index is 0.622. The molecule has 2 heteroatoms. The average Bonchev–Trinajstić information content (AvgIpc) is 2.20. The lowest BCUT2D eigenvalue weighted by atomic mass is 10.2. The summed E-state index contributed by atoms with van der Waals surface area (Å²) in [5, 5.41) is 0. The van der Waals surface area contributed by atoms with Gasteiger partial charge >= 0.3 is 0 Å². The van der Waals surface area contributed by atoms with Gasteiger partial charge in [-0.1, -0.05) is 17.7 Å². The number of hydrogen-bond acceptors (Lipinski definition) is 2. The molecule has 1 aromatic carbocycles. The van der Waals surface area contributed by atoms with Crippen molar-refractivity contribution in [3.8, 4) is 5.75 Å². The molecule has 74 valence electrons. The van der Waals surface area contributed by atoms with E-state index < -0.39 is 0 Å². The van der Waals surface area contributed by atoms with Crippen LogP contribution >= 0.6 is 0 Å². The van der Waals surface area contributed by atoms with Gasteiger partial charge in [-0.3, -0.25) is 0 Å². The topological polar surface area (TPSA) is 21.6 Å². The summed E-state index contributed by atoms with van der Waals surface area (Å²) in [6.07, 6.45) is 3.55. The van der Waals surface area contributed by atoms with Gasteiger partial charge in [-0.2, -0.15) is 0 Å². The summed E-state index contributed by atoms with van der Waals surface area (Å²) >= 11 is 0. The third kappa shape index (κ3) is 3.05. The SMILES string of the molecule is C/C=N\C(=C/C)Oc1ccc(C)cc1. The second-order valence-corrected chi connectivity index (χ2v) is 2.93. The number of benzene rings is 1. The molecule has 0 radical (unpaired) electrons.